The number of rotatable bonds is 7. The molecule has 2 aromatic heterocycles. The molecule has 1 aromatic carbocycles. The Morgan fingerprint density at radius 1 is 1.20 bits per heavy atom. The van der Waals surface area contributed by atoms with Crippen LogP contribution < -0.4 is 9.46 Å². The number of halogens is 3. The quantitative estimate of drug-likeness (QED) is 0.520. The molecule has 1 fully saturated rings. The van der Waals surface area contributed by atoms with Crippen molar-refractivity contribution in [2.75, 3.05) is 24.4 Å². The minimum absolute atomic E-state index is 0.0675. The third-order valence-electron chi connectivity index (χ3n) is 5.58. The van der Waals surface area contributed by atoms with Crippen molar-refractivity contribution < 1.29 is 26.3 Å². The number of sulfonamides is 1. The lowest BCUT2D eigenvalue weighted by atomic mass is 10.00. The molecule has 1 atom stereocenters. The lowest BCUT2D eigenvalue weighted by Gasteiger charge is -2.18. The topological polar surface area (TPSA) is 102 Å². The van der Waals surface area contributed by atoms with Crippen LogP contribution >= 0.6 is 0 Å². The van der Waals surface area contributed by atoms with Crippen LogP contribution in [-0.4, -0.2) is 65.0 Å². The molecule has 35 heavy (non-hydrogen) atoms. The van der Waals surface area contributed by atoms with Crippen molar-refractivity contribution in [1.82, 2.24) is 24.6 Å². The predicted molar refractivity (Wildman–Crippen MR) is 122 cm³/mol. The fourth-order valence-corrected chi connectivity index (χ4v) is 4.98. The first-order chi connectivity index (χ1) is 16.4. The summed E-state index contributed by atoms with van der Waals surface area (Å²) in [5.41, 5.74) is 3.03. The zero-order valence-electron chi connectivity index (χ0n) is 19.4. The highest BCUT2D eigenvalue weighted by molar-refractivity contribution is 7.92. The Morgan fingerprint density at radius 3 is 2.54 bits per heavy atom. The maximum atomic E-state index is 12.8. The SMILES string of the molecule is Cc1cccc(C)c1-c1cc(O[C@H]2CCN(CC(F)(F)F)C2)nc(NS(=O)(=O)c2cnn(C)c2)n1. The molecule has 1 aliphatic rings. The van der Waals surface area contributed by atoms with Crippen molar-refractivity contribution in [2.24, 2.45) is 7.05 Å². The first kappa shape index (κ1) is 24.9. The van der Waals surface area contributed by atoms with Crippen molar-refractivity contribution in [2.45, 2.75) is 37.4 Å². The second-order valence-corrected chi connectivity index (χ2v) is 10.2. The van der Waals surface area contributed by atoms with E-state index < -0.39 is 28.8 Å². The minimum atomic E-state index is -4.29. The van der Waals surface area contributed by atoms with Crippen LogP contribution in [0.1, 0.15) is 17.5 Å². The van der Waals surface area contributed by atoms with Crippen LogP contribution in [0.4, 0.5) is 19.1 Å². The van der Waals surface area contributed by atoms with Crippen molar-refractivity contribution in [3.63, 3.8) is 0 Å². The van der Waals surface area contributed by atoms with Gasteiger partial charge in [-0.05, 0) is 31.4 Å². The van der Waals surface area contributed by atoms with E-state index in [1.807, 2.05) is 32.0 Å². The van der Waals surface area contributed by atoms with E-state index in [9.17, 15) is 21.6 Å². The van der Waals surface area contributed by atoms with Crippen LogP contribution in [0.15, 0.2) is 41.6 Å². The number of hydrogen-bond donors (Lipinski definition) is 1. The Morgan fingerprint density at radius 2 is 1.91 bits per heavy atom. The number of hydrogen-bond acceptors (Lipinski definition) is 7. The smallest absolute Gasteiger partial charge is 0.401 e. The molecule has 0 radical (unpaired) electrons. The normalized spacial score (nSPS) is 17.0. The van der Waals surface area contributed by atoms with Crippen LogP contribution in [0, 0.1) is 13.8 Å². The molecule has 4 rings (SSSR count). The van der Waals surface area contributed by atoms with Gasteiger partial charge in [-0.3, -0.25) is 9.58 Å². The third-order valence-corrected chi connectivity index (χ3v) is 6.86. The minimum Gasteiger partial charge on any atom is -0.473 e. The summed E-state index contributed by atoms with van der Waals surface area (Å²) in [5.74, 6) is -0.144. The summed E-state index contributed by atoms with van der Waals surface area (Å²) in [6, 6.07) is 7.27. The van der Waals surface area contributed by atoms with E-state index in [1.165, 1.54) is 22.0 Å². The molecule has 0 spiro atoms. The van der Waals surface area contributed by atoms with Gasteiger partial charge in [0.25, 0.3) is 10.0 Å². The van der Waals surface area contributed by atoms with Crippen LogP contribution in [0.3, 0.4) is 0 Å². The van der Waals surface area contributed by atoms with Gasteiger partial charge < -0.3 is 4.74 Å². The number of aromatic nitrogens is 4. The van der Waals surface area contributed by atoms with Crippen molar-refractivity contribution in [3.05, 3.63) is 47.8 Å². The lowest BCUT2D eigenvalue weighted by Crippen LogP contribution is -2.33. The average Bonchev–Trinajstić information content (AvgIpc) is 3.35. The lowest BCUT2D eigenvalue weighted by molar-refractivity contribution is -0.144. The van der Waals surface area contributed by atoms with Gasteiger partial charge in [0.15, 0.2) is 0 Å². The molecule has 0 bridgehead atoms. The maximum Gasteiger partial charge on any atom is 0.401 e. The summed E-state index contributed by atoms with van der Waals surface area (Å²) in [4.78, 5) is 9.82. The molecule has 188 valence electrons. The van der Waals surface area contributed by atoms with Gasteiger partial charge in [0, 0.05) is 38.0 Å². The second kappa shape index (κ2) is 9.46. The number of anilines is 1. The predicted octanol–water partition coefficient (Wildman–Crippen LogP) is 3.31. The molecule has 0 aliphatic carbocycles. The summed E-state index contributed by atoms with van der Waals surface area (Å²) < 4.78 is 73.6. The van der Waals surface area contributed by atoms with Crippen molar-refractivity contribution in [3.8, 4) is 17.1 Å². The number of nitrogens with one attached hydrogen (secondary N) is 1. The van der Waals surface area contributed by atoms with Gasteiger partial charge in [-0.25, -0.2) is 18.1 Å². The number of alkyl halides is 3. The van der Waals surface area contributed by atoms with E-state index in [4.69, 9.17) is 4.74 Å². The molecule has 0 unspecified atom stereocenters. The number of ether oxygens (including phenoxy) is 1. The van der Waals surface area contributed by atoms with Gasteiger partial charge in [0.05, 0.1) is 18.4 Å². The molecular formula is C22H25F3N6O3S. The Hall–Kier alpha value is -3.19. The summed E-state index contributed by atoms with van der Waals surface area (Å²) >= 11 is 0. The van der Waals surface area contributed by atoms with E-state index in [0.717, 1.165) is 16.7 Å². The van der Waals surface area contributed by atoms with E-state index in [1.54, 1.807) is 13.1 Å². The molecule has 9 nitrogen and oxygen atoms in total. The highest BCUT2D eigenvalue weighted by Gasteiger charge is 2.35. The largest absolute Gasteiger partial charge is 0.473 e. The summed E-state index contributed by atoms with van der Waals surface area (Å²) in [6.07, 6.45) is -1.90. The zero-order valence-corrected chi connectivity index (χ0v) is 20.2. The Labute approximate surface area is 201 Å². The van der Waals surface area contributed by atoms with Crippen LogP contribution in [0.25, 0.3) is 11.3 Å². The molecule has 3 heterocycles. The number of aryl methyl sites for hydroxylation is 3. The monoisotopic (exact) mass is 510 g/mol. The van der Waals surface area contributed by atoms with Gasteiger partial charge in [-0.15, -0.1) is 0 Å². The fraction of sp³-hybridized carbons (Fsp3) is 0.409. The Balaban J connectivity index is 1.66. The molecule has 1 aliphatic heterocycles. The summed E-state index contributed by atoms with van der Waals surface area (Å²) in [7, 11) is -2.44. The van der Waals surface area contributed by atoms with E-state index in [2.05, 4.69) is 19.8 Å². The van der Waals surface area contributed by atoms with E-state index in [-0.39, 0.29) is 29.8 Å². The van der Waals surface area contributed by atoms with Gasteiger partial charge in [-0.2, -0.15) is 23.3 Å². The maximum absolute atomic E-state index is 12.8. The molecule has 0 saturated carbocycles. The number of benzene rings is 1. The van der Waals surface area contributed by atoms with Crippen molar-refractivity contribution >= 4 is 16.0 Å². The highest BCUT2D eigenvalue weighted by Crippen LogP contribution is 2.30. The number of likely N-dealkylation sites (tertiary alicyclic amines) is 1. The van der Waals surface area contributed by atoms with Gasteiger partial charge in [-0.1, -0.05) is 18.2 Å². The van der Waals surface area contributed by atoms with Gasteiger partial charge in [0.1, 0.15) is 11.0 Å². The van der Waals surface area contributed by atoms with Gasteiger partial charge in [0.2, 0.25) is 11.8 Å². The molecule has 3 aromatic rings. The van der Waals surface area contributed by atoms with Crippen LogP contribution in [-0.2, 0) is 17.1 Å². The third kappa shape index (κ3) is 6.09. The average molecular weight is 511 g/mol. The summed E-state index contributed by atoms with van der Waals surface area (Å²) in [5, 5.41) is 3.88. The van der Waals surface area contributed by atoms with Crippen LogP contribution in [0.2, 0.25) is 0 Å². The first-order valence-electron chi connectivity index (χ1n) is 10.8. The highest BCUT2D eigenvalue weighted by atomic mass is 32.2. The summed E-state index contributed by atoms with van der Waals surface area (Å²) in [6.45, 7) is 3.10. The number of nitrogens with zero attached hydrogens (tertiary/aromatic N) is 5. The molecule has 1 saturated heterocycles. The fourth-order valence-electron chi connectivity index (χ4n) is 4.06. The second-order valence-electron chi connectivity index (χ2n) is 8.52. The molecule has 1 N–H and O–H groups in total. The van der Waals surface area contributed by atoms with E-state index >= 15 is 0 Å². The molecule has 0 amide bonds. The van der Waals surface area contributed by atoms with Crippen molar-refractivity contribution in [1.29, 1.82) is 0 Å². The molecule has 13 heteroatoms. The Bertz CT molecular complexity index is 1310. The standard InChI is InChI=1S/C22H25F3N6O3S/c1-14-5-4-6-15(2)20(14)18-9-19(34-16-7-8-31(11-16)13-22(23,24)25)28-21(27-18)29-35(32,33)17-10-26-30(3)12-17/h4-6,9-10,12,16H,7-8,11,13H2,1-3H3,(H,27,28,29)/t16-/m0/s1. The van der Waals surface area contributed by atoms with Crippen LogP contribution in [0.5, 0.6) is 5.88 Å². The first-order valence-corrected chi connectivity index (χ1v) is 12.3. The zero-order chi connectivity index (χ0) is 25.4. The van der Waals surface area contributed by atoms with Gasteiger partial charge >= 0.3 is 6.18 Å². The Kier molecular flexibility index (Phi) is 6.73. The van der Waals surface area contributed by atoms with E-state index in [0.29, 0.717) is 12.1 Å². The molecular weight excluding hydrogens is 485 g/mol.